The Morgan fingerprint density at radius 3 is 2.62 bits per heavy atom. The first-order valence-electron chi connectivity index (χ1n) is 7.89. The minimum Gasteiger partial charge on any atom is -0.481 e. The van der Waals surface area contributed by atoms with E-state index in [2.05, 4.69) is 4.99 Å². The number of nitrogens with zero attached hydrogens (tertiary/aromatic N) is 2. The molecule has 0 aliphatic carbocycles. The molecule has 0 spiro atoms. The summed E-state index contributed by atoms with van der Waals surface area (Å²) in [7, 11) is 1.59. The molecule has 1 heterocycles. The average molecular weight is 329 g/mol. The van der Waals surface area contributed by atoms with Crippen molar-refractivity contribution in [1.82, 2.24) is 4.90 Å². The van der Waals surface area contributed by atoms with Crippen molar-refractivity contribution in [3.8, 4) is 0 Å². The summed E-state index contributed by atoms with van der Waals surface area (Å²) in [4.78, 5) is 30.6. The van der Waals surface area contributed by atoms with Crippen LogP contribution in [0.2, 0.25) is 0 Å². The zero-order valence-corrected chi connectivity index (χ0v) is 14.1. The summed E-state index contributed by atoms with van der Waals surface area (Å²) in [6.07, 6.45) is 2.86. The van der Waals surface area contributed by atoms with Crippen LogP contribution in [0.15, 0.2) is 41.0 Å². The van der Waals surface area contributed by atoms with Crippen molar-refractivity contribution in [2.45, 2.75) is 25.8 Å². The van der Waals surface area contributed by atoms with Gasteiger partial charge in [0, 0.05) is 37.1 Å². The summed E-state index contributed by atoms with van der Waals surface area (Å²) in [6, 6.07) is 6.19. The van der Waals surface area contributed by atoms with Gasteiger partial charge in [-0.25, -0.2) is 0 Å². The number of amides is 1. The van der Waals surface area contributed by atoms with Gasteiger partial charge < -0.3 is 15.7 Å². The molecule has 0 aromatic heterocycles. The Labute approximate surface area is 141 Å². The standard InChI is InChI=1S/C18H23N3O3/c1-11(2)10-21-16(12(8-19)9-20-3)15(18(23)24)13-6-4-5-7-14(13)17(21)22/h4-9,11,15-16H,10,19H2,1-3H3,(H,23,24). The van der Waals surface area contributed by atoms with Crippen molar-refractivity contribution in [2.24, 2.45) is 16.6 Å². The lowest BCUT2D eigenvalue weighted by atomic mass is 9.79. The van der Waals surface area contributed by atoms with Crippen LogP contribution in [0.3, 0.4) is 0 Å². The van der Waals surface area contributed by atoms with Gasteiger partial charge in [-0.3, -0.25) is 14.6 Å². The second-order valence-electron chi connectivity index (χ2n) is 6.25. The summed E-state index contributed by atoms with van der Waals surface area (Å²) in [5.41, 5.74) is 7.20. The molecule has 6 heteroatoms. The van der Waals surface area contributed by atoms with Crippen LogP contribution in [0.5, 0.6) is 0 Å². The molecule has 6 nitrogen and oxygen atoms in total. The molecule has 0 fully saturated rings. The second kappa shape index (κ2) is 7.29. The Kier molecular flexibility index (Phi) is 5.39. The van der Waals surface area contributed by atoms with Crippen molar-refractivity contribution in [3.05, 3.63) is 47.2 Å². The van der Waals surface area contributed by atoms with Crippen molar-refractivity contribution in [1.29, 1.82) is 0 Å². The lowest BCUT2D eigenvalue weighted by Crippen LogP contribution is -2.52. The van der Waals surface area contributed by atoms with E-state index in [0.29, 0.717) is 23.2 Å². The highest BCUT2D eigenvalue weighted by Gasteiger charge is 2.44. The summed E-state index contributed by atoms with van der Waals surface area (Å²) in [5, 5.41) is 9.86. The van der Waals surface area contributed by atoms with Crippen LogP contribution < -0.4 is 5.73 Å². The quantitative estimate of drug-likeness (QED) is 0.806. The molecule has 0 bridgehead atoms. The van der Waals surface area contributed by atoms with Gasteiger partial charge >= 0.3 is 5.97 Å². The van der Waals surface area contributed by atoms with E-state index in [1.807, 2.05) is 13.8 Å². The molecule has 2 unspecified atom stereocenters. The van der Waals surface area contributed by atoms with Crippen molar-refractivity contribution < 1.29 is 14.7 Å². The van der Waals surface area contributed by atoms with Crippen molar-refractivity contribution >= 4 is 18.1 Å². The van der Waals surface area contributed by atoms with Gasteiger partial charge in [-0.15, -0.1) is 0 Å². The lowest BCUT2D eigenvalue weighted by molar-refractivity contribution is -0.140. The lowest BCUT2D eigenvalue weighted by Gasteiger charge is -2.41. The van der Waals surface area contributed by atoms with Crippen LogP contribution in [0.4, 0.5) is 0 Å². The zero-order valence-electron chi connectivity index (χ0n) is 14.1. The fourth-order valence-electron chi connectivity index (χ4n) is 3.19. The molecule has 0 saturated heterocycles. The zero-order chi connectivity index (χ0) is 17.9. The van der Waals surface area contributed by atoms with Gasteiger partial charge in [-0.1, -0.05) is 32.0 Å². The Balaban J connectivity index is 2.68. The third kappa shape index (κ3) is 3.18. The van der Waals surface area contributed by atoms with Gasteiger partial charge in [0.2, 0.25) is 0 Å². The van der Waals surface area contributed by atoms with Crippen molar-refractivity contribution in [2.75, 3.05) is 13.6 Å². The van der Waals surface area contributed by atoms with Crippen LogP contribution in [-0.2, 0) is 4.79 Å². The number of fused-ring (bicyclic) bond motifs is 1. The van der Waals surface area contributed by atoms with Gasteiger partial charge in [0.15, 0.2) is 0 Å². The Morgan fingerprint density at radius 2 is 2.08 bits per heavy atom. The molecule has 1 aliphatic heterocycles. The highest BCUT2D eigenvalue weighted by Crippen LogP contribution is 2.37. The number of nitrogens with two attached hydrogens (primary N) is 1. The number of benzene rings is 1. The number of hydrogen-bond acceptors (Lipinski definition) is 4. The second-order valence-corrected chi connectivity index (χ2v) is 6.25. The first-order chi connectivity index (χ1) is 11.4. The molecular weight excluding hydrogens is 306 g/mol. The Bertz CT molecular complexity index is 695. The number of carboxylic acids is 1. The highest BCUT2D eigenvalue weighted by molar-refractivity contribution is 6.02. The summed E-state index contributed by atoms with van der Waals surface area (Å²) in [5.74, 6) is -1.86. The molecule has 1 aromatic carbocycles. The molecule has 1 aromatic rings. The first kappa shape index (κ1) is 17.7. The van der Waals surface area contributed by atoms with Gasteiger partial charge in [0.05, 0.1) is 6.04 Å². The number of hydrogen-bond donors (Lipinski definition) is 2. The van der Waals surface area contributed by atoms with Gasteiger partial charge in [0.25, 0.3) is 5.91 Å². The Morgan fingerprint density at radius 1 is 1.42 bits per heavy atom. The third-order valence-corrected chi connectivity index (χ3v) is 4.08. The van der Waals surface area contributed by atoms with Gasteiger partial charge in [0.1, 0.15) is 5.92 Å². The van der Waals surface area contributed by atoms with Gasteiger partial charge in [-0.2, -0.15) is 0 Å². The molecule has 3 N–H and O–H groups in total. The van der Waals surface area contributed by atoms with E-state index in [0.717, 1.165) is 0 Å². The molecule has 1 aliphatic rings. The molecule has 0 radical (unpaired) electrons. The van der Waals surface area contributed by atoms with Crippen LogP contribution in [-0.4, -0.2) is 47.7 Å². The van der Waals surface area contributed by atoms with Crippen LogP contribution in [0.25, 0.3) is 0 Å². The van der Waals surface area contributed by atoms with Crippen LogP contribution >= 0.6 is 0 Å². The monoisotopic (exact) mass is 329 g/mol. The molecular formula is C18H23N3O3. The molecule has 24 heavy (non-hydrogen) atoms. The number of aliphatic carboxylic acids is 1. The van der Waals surface area contributed by atoms with Crippen LogP contribution in [0, 0.1) is 5.92 Å². The minimum atomic E-state index is -0.988. The molecule has 2 rings (SSSR count). The van der Waals surface area contributed by atoms with E-state index in [-0.39, 0.29) is 11.8 Å². The largest absolute Gasteiger partial charge is 0.481 e. The third-order valence-electron chi connectivity index (χ3n) is 4.08. The average Bonchev–Trinajstić information content (AvgIpc) is 2.54. The number of rotatable bonds is 5. The molecule has 2 atom stereocenters. The summed E-state index contributed by atoms with van der Waals surface area (Å²) >= 11 is 0. The maximum atomic E-state index is 13.0. The minimum absolute atomic E-state index is 0.175. The predicted molar refractivity (Wildman–Crippen MR) is 93.2 cm³/mol. The number of carbonyl (C=O) groups excluding carboxylic acids is 1. The SMILES string of the molecule is CN=CC(=CN)C1C(C(=O)O)c2ccccc2C(=O)N1CC(C)C. The maximum Gasteiger partial charge on any atom is 0.313 e. The van der Waals surface area contributed by atoms with E-state index in [9.17, 15) is 14.7 Å². The Hall–Kier alpha value is -2.63. The smallest absolute Gasteiger partial charge is 0.313 e. The van der Waals surface area contributed by atoms with E-state index < -0.39 is 17.9 Å². The number of carboxylic acid groups (broad SMARTS) is 1. The van der Waals surface area contributed by atoms with Crippen molar-refractivity contribution in [3.63, 3.8) is 0 Å². The first-order valence-corrected chi connectivity index (χ1v) is 7.89. The summed E-state index contributed by atoms with van der Waals surface area (Å²) < 4.78 is 0. The number of aliphatic imine (C=N–C) groups is 1. The van der Waals surface area contributed by atoms with E-state index >= 15 is 0 Å². The number of carbonyl (C=O) groups is 2. The van der Waals surface area contributed by atoms with E-state index in [1.54, 1.807) is 36.2 Å². The van der Waals surface area contributed by atoms with E-state index in [4.69, 9.17) is 5.73 Å². The summed E-state index contributed by atoms with van der Waals surface area (Å²) in [6.45, 7) is 4.41. The molecule has 128 valence electrons. The molecule has 1 amide bonds. The van der Waals surface area contributed by atoms with Gasteiger partial charge in [-0.05, 0) is 17.5 Å². The van der Waals surface area contributed by atoms with E-state index in [1.165, 1.54) is 12.4 Å². The highest BCUT2D eigenvalue weighted by atomic mass is 16.4. The molecule has 0 saturated carbocycles. The van der Waals surface area contributed by atoms with Crippen LogP contribution in [0.1, 0.15) is 35.7 Å². The fraction of sp³-hybridized carbons (Fsp3) is 0.389. The fourth-order valence-corrected chi connectivity index (χ4v) is 3.19. The topological polar surface area (TPSA) is 96.0 Å². The normalized spacial score (nSPS) is 21.4. The predicted octanol–water partition coefficient (Wildman–Crippen LogP) is 1.88. The maximum absolute atomic E-state index is 13.0.